The Morgan fingerprint density at radius 3 is 2.70 bits per heavy atom. The molecule has 3 heteroatoms. The van der Waals surface area contributed by atoms with Crippen LogP contribution in [0.25, 0.3) is 0 Å². The highest BCUT2D eigenvalue weighted by atomic mass is 19.1. The molecule has 1 aromatic rings. The molecule has 0 aliphatic heterocycles. The number of rotatable bonds is 7. The molecule has 0 amide bonds. The standard InChI is InChI=1S/C17H26FNO/c1-3-19-12-15(14-6-4-5-7-14)10-13-8-9-17(20-2)16(18)11-13/h8-9,11,14-15,19H,3-7,10,12H2,1-2H3. The van der Waals surface area contributed by atoms with E-state index in [4.69, 9.17) is 4.74 Å². The predicted molar refractivity (Wildman–Crippen MR) is 80.6 cm³/mol. The van der Waals surface area contributed by atoms with Gasteiger partial charge < -0.3 is 10.1 Å². The average molecular weight is 279 g/mol. The Hall–Kier alpha value is -1.09. The van der Waals surface area contributed by atoms with Crippen molar-refractivity contribution in [2.24, 2.45) is 11.8 Å². The van der Waals surface area contributed by atoms with Crippen LogP contribution in [0.2, 0.25) is 0 Å². The predicted octanol–water partition coefficient (Wildman–Crippen LogP) is 3.79. The van der Waals surface area contributed by atoms with Gasteiger partial charge in [0.25, 0.3) is 0 Å². The zero-order chi connectivity index (χ0) is 14.4. The third-order valence-corrected chi connectivity index (χ3v) is 4.44. The molecule has 2 nitrogen and oxygen atoms in total. The van der Waals surface area contributed by atoms with E-state index in [-0.39, 0.29) is 5.82 Å². The summed E-state index contributed by atoms with van der Waals surface area (Å²) in [7, 11) is 1.50. The smallest absolute Gasteiger partial charge is 0.165 e. The third kappa shape index (κ3) is 3.95. The summed E-state index contributed by atoms with van der Waals surface area (Å²) in [5.41, 5.74) is 1.08. The fourth-order valence-corrected chi connectivity index (χ4v) is 3.30. The van der Waals surface area contributed by atoms with Crippen LogP contribution in [0.5, 0.6) is 5.75 Å². The molecule has 2 rings (SSSR count). The maximum absolute atomic E-state index is 13.8. The summed E-state index contributed by atoms with van der Waals surface area (Å²) in [6, 6.07) is 5.37. The van der Waals surface area contributed by atoms with E-state index in [9.17, 15) is 4.39 Å². The Morgan fingerprint density at radius 1 is 1.35 bits per heavy atom. The van der Waals surface area contributed by atoms with Crippen LogP contribution in [-0.2, 0) is 6.42 Å². The Labute approximate surface area is 121 Å². The molecule has 1 N–H and O–H groups in total. The summed E-state index contributed by atoms with van der Waals surface area (Å²) in [5, 5.41) is 3.46. The molecular formula is C17H26FNO. The number of ether oxygens (including phenoxy) is 1. The van der Waals surface area contributed by atoms with Gasteiger partial charge in [0, 0.05) is 0 Å². The van der Waals surface area contributed by atoms with Crippen molar-refractivity contribution in [3.8, 4) is 5.75 Å². The first-order valence-corrected chi connectivity index (χ1v) is 7.77. The molecule has 1 unspecified atom stereocenters. The van der Waals surface area contributed by atoms with Crippen molar-refractivity contribution < 1.29 is 9.13 Å². The lowest BCUT2D eigenvalue weighted by Gasteiger charge is -2.24. The van der Waals surface area contributed by atoms with Gasteiger partial charge in [-0.05, 0) is 49.0 Å². The van der Waals surface area contributed by atoms with Crippen LogP contribution in [0.3, 0.4) is 0 Å². The third-order valence-electron chi connectivity index (χ3n) is 4.44. The molecule has 1 fully saturated rings. The number of benzene rings is 1. The second-order valence-corrected chi connectivity index (χ2v) is 5.79. The molecule has 0 bridgehead atoms. The van der Waals surface area contributed by atoms with Crippen molar-refractivity contribution >= 4 is 0 Å². The molecule has 112 valence electrons. The lowest BCUT2D eigenvalue weighted by molar-refractivity contribution is 0.322. The zero-order valence-corrected chi connectivity index (χ0v) is 12.6. The van der Waals surface area contributed by atoms with Gasteiger partial charge in [0.15, 0.2) is 11.6 Å². The molecule has 0 radical (unpaired) electrons. The van der Waals surface area contributed by atoms with E-state index in [1.54, 1.807) is 12.1 Å². The lowest BCUT2D eigenvalue weighted by Crippen LogP contribution is -2.28. The Bertz CT molecular complexity index is 415. The Balaban J connectivity index is 2.04. The van der Waals surface area contributed by atoms with Gasteiger partial charge in [0.1, 0.15) is 0 Å². The summed E-state index contributed by atoms with van der Waals surface area (Å²) < 4.78 is 18.8. The molecule has 1 aliphatic rings. The zero-order valence-electron chi connectivity index (χ0n) is 12.6. The van der Waals surface area contributed by atoms with Crippen LogP contribution in [0.15, 0.2) is 18.2 Å². The molecule has 20 heavy (non-hydrogen) atoms. The van der Waals surface area contributed by atoms with Gasteiger partial charge in [-0.15, -0.1) is 0 Å². The number of hydrogen-bond acceptors (Lipinski definition) is 2. The van der Waals surface area contributed by atoms with Crippen LogP contribution in [0.4, 0.5) is 4.39 Å². The molecule has 1 saturated carbocycles. The summed E-state index contributed by atoms with van der Waals surface area (Å²) >= 11 is 0. The topological polar surface area (TPSA) is 21.3 Å². The molecular weight excluding hydrogens is 253 g/mol. The second kappa shape index (κ2) is 7.63. The number of nitrogens with one attached hydrogen (secondary N) is 1. The number of halogens is 1. The summed E-state index contributed by atoms with van der Waals surface area (Å²) in [6.07, 6.45) is 6.32. The van der Waals surface area contributed by atoms with E-state index in [1.807, 2.05) is 6.07 Å². The molecule has 1 aliphatic carbocycles. The van der Waals surface area contributed by atoms with E-state index < -0.39 is 0 Å². The minimum absolute atomic E-state index is 0.251. The maximum Gasteiger partial charge on any atom is 0.165 e. The van der Waals surface area contributed by atoms with Crippen molar-refractivity contribution in [3.63, 3.8) is 0 Å². The van der Waals surface area contributed by atoms with Gasteiger partial charge in [-0.25, -0.2) is 4.39 Å². The largest absolute Gasteiger partial charge is 0.494 e. The van der Waals surface area contributed by atoms with Crippen LogP contribution < -0.4 is 10.1 Å². The summed E-state index contributed by atoms with van der Waals surface area (Å²) in [4.78, 5) is 0. The van der Waals surface area contributed by atoms with Crippen molar-refractivity contribution in [1.82, 2.24) is 5.32 Å². The first-order chi connectivity index (χ1) is 9.74. The van der Waals surface area contributed by atoms with E-state index in [1.165, 1.54) is 32.8 Å². The Kier molecular flexibility index (Phi) is 5.84. The minimum atomic E-state index is -0.251. The van der Waals surface area contributed by atoms with Crippen molar-refractivity contribution in [2.75, 3.05) is 20.2 Å². The van der Waals surface area contributed by atoms with E-state index >= 15 is 0 Å². The normalized spacial score (nSPS) is 17.4. The number of methoxy groups -OCH3 is 1. The van der Waals surface area contributed by atoms with Gasteiger partial charge >= 0.3 is 0 Å². The van der Waals surface area contributed by atoms with Crippen LogP contribution in [0.1, 0.15) is 38.2 Å². The molecule has 1 aromatic carbocycles. The second-order valence-electron chi connectivity index (χ2n) is 5.79. The van der Waals surface area contributed by atoms with Crippen molar-refractivity contribution in [2.45, 2.75) is 39.0 Å². The van der Waals surface area contributed by atoms with Crippen molar-refractivity contribution in [3.05, 3.63) is 29.6 Å². The highest BCUT2D eigenvalue weighted by Gasteiger charge is 2.25. The van der Waals surface area contributed by atoms with Crippen LogP contribution >= 0.6 is 0 Å². The van der Waals surface area contributed by atoms with Gasteiger partial charge in [0.2, 0.25) is 0 Å². The minimum Gasteiger partial charge on any atom is -0.494 e. The van der Waals surface area contributed by atoms with Gasteiger partial charge in [-0.3, -0.25) is 0 Å². The maximum atomic E-state index is 13.8. The monoisotopic (exact) mass is 279 g/mol. The number of hydrogen-bond donors (Lipinski definition) is 1. The SMILES string of the molecule is CCNCC(Cc1ccc(OC)c(F)c1)C1CCCC1. The summed E-state index contributed by atoms with van der Waals surface area (Å²) in [5.74, 6) is 1.49. The molecule has 0 heterocycles. The molecule has 0 saturated heterocycles. The van der Waals surface area contributed by atoms with Crippen LogP contribution in [0, 0.1) is 17.7 Å². The molecule has 0 aromatic heterocycles. The lowest BCUT2D eigenvalue weighted by atomic mass is 9.85. The molecule has 1 atom stereocenters. The van der Waals surface area contributed by atoms with E-state index in [0.29, 0.717) is 11.7 Å². The van der Waals surface area contributed by atoms with Gasteiger partial charge in [-0.2, -0.15) is 0 Å². The van der Waals surface area contributed by atoms with E-state index in [0.717, 1.165) is 31.0 Å². The van der Waals surface area contributed by atoms with Crippen molar-refractivity contribution in [1.29, 1.82) is 0 Å². The first-order valence-electron chi connectivity index (χ1n) is 7.77. The summed E-state index contributed by atoms with van der Waals surface area (Å²) in [6.45, 7) is 4.17. The Morgan fingerprint density at radius 2 is 2.10 bits per heavy atom. The van der Waals surface area contributed by atoms with Crippen LogP contribution in [-0.4, -0.2) is 20.2 Å². The van der Waals surface area contributed by atoms with Gasteiger partial charge in [-0.1, -0.05) is 38.7 Å². The first kappa shape index (κ1) is 15.3. The highest BCUT2D eigenvalue weighted by molar-refractivity contribution is 5.29. The molecule has 0 spiro atoms. The quantitative estimate of drug-likeness (QED) is 0.820. The fraction of sp³-hybridized carbons (Fsp3) is 0.647. The fourth-order valence-electron chi connectivity index (χ4n) is 3.30. The average Bonchev–Trinajstić information content (AvgIpc) is 2.97. The van der Waals surface area contributed by atoms with E-state index in [2.05, 4.69) is 12.2 Å². The highest BCUT2D eigenvalue weighted by Crippen LogP contribution is 2.33. The van der Waals surface area contributed by atoms with Gasteiger partial charge in [0.05, 0.1) is 7.11 Å².